The maximum Gasteiger partial charge on any atom is 0.280 e. The maximum atomic E-state index is 11.9. The number of anilines is 1. The monoisotopic (exact) mass is 361 g/mol. The molecule has 3 aromatic rings. The number of hydrogen-bond acceptors (Lipinski definition) is 5. The molecule has 2 heterocycles. The van der Waals surface area contributed by atoms with E-state index in [1.54, 1.807) is 18.2 Å². The molecule has 134 valence electrons. The third-order valence-electron chi connectivity index (χ3n) is 4.63. The fraction of sp³-hybridized carbons (Fsp3) is 0.150. The van der Waals surface area contributed by atoms with Crippen LogP contribution in [0, 0.1) is 15.0 Å². The van der Waals surface area contributed by atoms with E-state index >= 15 is 0 Å². The zero-order valence-electron chi connectivity index (χ0n) is 14.4. The van der Waals surface area contributed by atoms with Gasteiger partial charge in [-0.05, 0) is 18.2 Å². The number of nitroso groups, excluding NO2 is 1. The number of hydrogen-bond donors (Lipinski definition) is 1. The lowest BCUT2D eigenvalue weighted by Crippen LogP contribution is -2.22. The molecule has 7 heteroatoms. The van der Waals surface area contributed by atoms with Gasteiger partial charge in [-0.1, -0.05) is 30.3 Å². The van der Waals surface area contributed by atoms with Crippen LogP contribution in [0.1, 0.15) is 6.42 Å². The summed E-state index contributed by atoms with van der Waals surface area (Å²) in [4.78, 5) is 27.6. The van der Waals surface area contributed by atoms with Gasteiger partial charge < -0.3 is 5.32 Å². The van der Waals surface area contributed by atoms with Gasteiger partial charge in [0, 0.05) is 40.2 Å². The normalized spacial score (nSPS) is 16.1. The standard InChI is InChI=1S/C20H17N4O3/c25-23-13-4-3-6-14(23)11-12-21-20-15-7-1-2-8-16(15)22-17-9-5-10-18(19(17)20)24(26)27/h1-10,13-14H,11-12H2,(H,21,22)/q+1. The second-order valence-electron chi connectivity index (χ2n) is 6.30. The highest BCUT2D eigenvalue weighted by Crippen LogP contribution is 2.36. The number of nitro groups is 1. The van der Waals surface area contributed by atoms with E-state index in [0.717, 1.165) is 15.7 Å². The molecule has 1 atom stereocenters. The Morgan fingerprint density at radius 3 is 2.74 bits per heavy atom. The third-order valence-corrected chi connectivity index (χ3v) is 4.63. The van der Waals surface area contributed by atoms with E-state index in [0.29, 0.717) is 29.6 Å². The van der Waals surface area contributed by atoms with Gasteiger partial charge in [-0.2, -0.15) is 0 Å². The largest absolute Gasteiger partial charge is 0.383 e. The number of allylic oxidation sites excluding steroid dienone is 2. The predicted molar refractivity (Wildman–Crippen MR) is 105 cm³/mol. The number of non-ortho nitro benzene ring substituents is 1. The highest BCUT2D eigenvalue weighted by Gasteiger charge is 2.23. The van der Waals surface area contributed by atoms with Crippen molar-refractivity contribution < 1.29 is 9.68 Å². The van der Waals surface area contributed by atoms with E-state index in [1.807, 2.05) is 36.4 Å². The molecular weight excluding hydrogens is 344 g/mol. The number of nitrogens with one attached hydrogen (secondary N) is 1. The highest BCUT2D eigenvalue weighted by molar-refractivity contribution is 6.11. The SMILES string of the molecule is O=[N+]([O-])c1cccc2nc3ccccc3c(NCCC3C=CC=C[N+]3=O)c12. The molecule has 7 nitrogen and oxygen atoms in total. The van der Waals surface area contributed by atoms with Crippen LogP contribution in [0.3, 0.4) is 0 Å². The van der Waals surface area contributed by atoms with Crippen molar-refractivity contribution in [3.8, 4) is 0 Å². The van der Waals surface area contributed by atoms with Crippen molar-refractivity contribution in [2.75, 3.05) is 11.9 Å². The molecule has 0 fully saturated rings. The Labute approximate surface area is 154 Å². The van der Waals surface area contributed by atoms with Crippen LogP contribution in [0.5, 0.6) is 0 Å². The third kappa shape index (κ3) is 3.15. The number of aromatic nitrogens is 1. The van der Waals surface area contributed by atoms with Crippen molar-refractivity contribution in [1.29, 1.82) is 0 Å². The molecule has 4 rings (SSSR count). The molecule has 0 saturated heterocycles. The Bertz CT molecular complexity index is 1120. The first-order valence-electron chi connectivity index (χ1n) is 8.65. The summed E-state index contributed by atoms with van der Waals surface area (Å²) >= 11 is 0. The van der Waals surface area contributed by atoms with Crippen LogP contribution in [0.25, 0.3) is 21.8 Å². The van der Waals surface area contributed by atoms with E-state index in [4.69, 9.17) is 0 Å². The number of benzene rings is 2. The number of nitrogens with zero attached hydrogens (tertiary/aromatic N) is 3. The number of nitro benzene ring substituents is 1. The van der Waals surface area contributed by atoms with Crippen molar-refractivity contribution in [3.63, 3.8) is 0 Å². The molecule has 0 amide bonds. The Morgan fingerprint density at radius 1 is 1.11 bits per heavy atom. The van der Waals surface area contributed by atoms with Gasteiger partial charge in [0.2, 0.25) is 12.2 Å². The summed E-state index contributed by atoms with van der Waals surface area (Å²) < 4.78 is 0.910. The first-order valence-corrected chi connectivity index (χ1v) is 8.65. The lowest BCUT2D eigenvalue weighted by molar-refractivity contribution is -0.510. The second kappa shape index (κ2) is 6.95. The van der Waals surface area contributed by atoms with Gasteiger partial charge in [-0.3, -0.25) is 10.1 Å². The molecule has 0 spiro atoms. The molecule has 0 saturated carbocycles. The Morgan fingerprint density at radius 2 is 1.93 bits per heavy atom. The smallest absolute Gasteiger partial charge is 0.280 e. The molecule has 1 aromatic heterocycles. The highest BCUT2D eigenvalue weighted by atomic mass is 16.6. The van der Waals surface area contributed by atoms with E-state index in [9.17, 15) is 15.0 Å². The molecule has 2 aromatic carbocycles. The van der Waals surface area contributed by atoms with E-state index in [-0.39, 0.29) is 11.7 Å². The minimum absolute atomic E-state index is 0.0131. The minimum atomic E-state index is -0.391. The van der Waals surface area contributed by atoms with Crippen molar-refractivity contribution in [1.82, 2.24) is 4.98 Å². The lowest BCUT2D eigenvalue weighted by atomic mass is 10.1. The predicted octanol–water partition coefficient (Wildman–Crippen LogP) is 4.33. The van der Waals surface area contributed by atoms with Crippen LogP contribution in [-0.4, -0.2) is 27.3 Å². The van der Waals surface area contributed by atoms with Gasteiger partial charge in [0.15, 0.2) is 0 Å². The Hall–Kier alpha value is -3.61. The van der Waals surface area contributed by atoms with Crippen molar-refractivity contribution in [3.05, 3.63) is 81.9 Å². The maximum absolute atomic E-state index is 11.9. The molecule has 0 aliphatic carbocycles. The van der Waals surface area contributed by atoms with Gasteiger partial charge in [-0.15, -0.1) is 0 Å². The molecule has 0 radical (unpaired) electrons. The zero-order valence-corrected chi connectivity index (χ0v) is 14.4. The molecule has 1 aliphatic heterocycles. The summed E-state index contributed by atoms with van der Waals surface area (Å²) in [6.07, 6.45) is 7.46. The number of pyridine rings is 1. The van der Waals surface area contributed by atoms with E-state index < -0.39 is 4.92 Å². The quantitative estimate of drug-likeness (QED) is 0.316. The second-order valence-corrected chi connectivity index (χ2v) is 6.30. The topological polar surface area (TPSA) is 88.1 Å². The average molecular weight is 361 g/mol. The Balaban J connectivity index is 1.76. The molecule has 1 N–H and O–H groups in total. The van der Waals surface area contributed by atoms with Gasteiger partial charge in [0.05, 0.1) is 21.6 Å². The van der Waals surface area contributed by atoms with Crippen LogP contribution < -0.4 is 5.32 Å². The van der Waals surface area contributed by atoms with Crippen LogP contribution in [-0.2, 0) is 0 Å². The summed E-state index contributed by atoms with van der Waals surface area (Å²) in [5, 5.41) is 16.2. The fourth-order valence-corrected chi connectivity index (χ4v) is 3.35. The van der Waals surface area contributed by atoms with Crippen LogP contribution in [0.15, 0.2) is 66.9 Å². The van der Waals surface area contributed by atoms with Crippen molar-refractivity contribution >= 4 is 33.2 Å². The summed E-state index contributed by atoms with van der Waals surface area (Å²) in [7, 11) is 0. The van der Waals surface area contributed by atoms with E-state index in [2.05, 4.69) is 10.3 Å². The number of para-hydroxylation sites is 1. The van der Waals surface area contributed by atoms with Gasteiger partial charge >= 0.3 is 0 Å². The Kier molecular flexibility index (Phi) is 4.33. The fourth-order valence-electron chi connectivity index (χ4n) is 3.35. The minimum Gasteiger partial charge on any atom is -0.383 e. The summed E-state index contributed by atoms with van der Waals surface area (Å²) in [6, 6.07) is 12.2. The first-order chi connectivity index (χ1) is 13.1. The first kappa shape index (κ1) is 16.8. The molecule has 0 bridgehead atoms. The van der Waals surface area contributed by atoms with Crippen LogP contribution in [0.4, 0.5) is 11.4 Å². The summed E-state index contributed by atoms with van der Waals surface area (Å²) in [5.74, 6) is 0. The van der Waals surface area contributed by atoms with Gasteiger partial charge in [-0.25, -0.2) is 4.98 Å². The molecule has 1 aliphatic rings. The number of fused-ring (bicyclic) bond motifs is 2. The average Bonchev–Trinajstić information content (AvgIpc) is 2.68. The summed E-state index contributed by atoms with van der Waals surface area (Å²) in [5.41, 5.74) is 2.02. The molecule has 27 heavy (non-hydrogen) atoms. The molecular formula is C20H17N4O3+. The van der Waals surface area contributed by atoms with Gasteiger partial charge in [0.1, 0.15) is 5.39 Å². The van der Waals surface area contributed by atoms with E-state index in [1.165, 1.54) is 12.3 Å². The van der Waals surface area contributed by atoms with Gasteiger partial charge in [0.25, 0.3) is 5.69 Å². The van der Waals surface area contributed by atoms with Crippen LogP contribution >= 0.6 is 0 Å². The lowest BCUT2D eigenvalue weighted by Gasteiger charge is -2.14. The van der Waals surface area contributed by atoms with Crippen LogP contribution in [0.2, 0.25) is 0 Å². The molecule has 1 unspecified atom stereocenters. The van der Waals surface area contributed by atoms with Crippen molar-refractivity contribution in [2.24, 2.45) is 0 Å². The number of rotatable bonds is 5. The van der Waals surface area contributed by atoms with Crippen molar-refractivity contribution in [2.45, 2.75) is 12.5 Å². The summed E-state index contributed by atoms with van der Waals surface area (Å²) in [6.45, 7) is 0.497. The zero-order chi connectivity index (χ0) is 18.8.